The third-order valence-electron chi connectivity index (χ3n) is 5.34. The smallest absolute Gasteiger partial charge is 0.195 e. The van der Waals surface area contributed by atoms with Gasteiger partial charge in [0.1, 0.15) is 11.0 Å². The normalized spacial score (nSPS) is 15.6. The van der Waals surface area contributed by atoms with Gasteiger partial charge in [-0.3, -0.25) is 9.59 Å². The van der Waals surface area contributed by atoms with Crippen molar-refractivity contribution in [1.29, 1.82) is 0 Å². The van der Waals surface area contributed by atoms with Gasteiger partial charge in [0.15, 0.2) is 11.6 Å². The molecule has 0 aromatic heterocycles. The van der Waals surface area contributed by atoms with Gasteiger partial charge in [-0.2, -0.15) is 0 Å². The highest BCUT2D eigenvalue weighted by molar-refractivity contribution is 7.99. The van der Waals surface area contributed by atoms with E-state index in [1.165, 1.54) is 16.1 Å². The van der Waals surface area contributed by atoms with Crippen LogP contribution in [0.5, 0.6) is 0 Å². The average Bonchev–Trinajstić information content (AvgIpc) is 2.81. The molecular formula is C26H25NO5S2. The highest BCUT2D eigenvalue weighted by atomic mass is 32.2. The first-order chi connectivity index (χ1) is 16.3. The second-order valence-electron chi connectivity index (χ2n) is 8.25. The van der Waals surface area contributed by atoms with E-state index in [2.05, 4.69) is 0 Å². The summed E-state index contributed by atoms with van der Waals surface area (Å²) < 4.78 is 14.5. The minimum absolute atomic E-state index is 0.158. The monoisotopic (exact) mass is 495 g/mol. The van der Waals surface area contributed by atoms with Gasteiger partial charge in [-0.15, -0.1) is 0 Å². The second-order valence-corrected chi connectivity index (χ2v) is 10.9. The van der Waals surface area contributed by atoms with E-state index in [0.717, 1.165) is 4.90 Å². The Morgan fingerprint density at radius 2 is 1.35 bits per heavy atom. The van der Waals surface area contributed by atoms with Crippen LogP contribution in [0.4, 0.5) is 0 Å². The molecule has 3 unspecified atom stereocenters. The van der Waals surface area contributed by atoms with Gasteiger partial charge in [-0.05, 0) is 44.2 Å². The van der Waals surface area contributed by atoms with Crippen LogP contribution in [0, 0.1) is 0 Å². The molecule has 0 radical (unpaired) electrons. The van der Waals surface area contributed by atoms with Crippen molar-refractivity contribution in [3.8, 4) is 0 Å². The van der Waals surface area contributed by atoms with Gasteiger partial charge in [0.2, 0.25) is 0 Å². The number of carbonyl (C=O) groups is 2. The standard InChI is InChI=1S/C26H25NO5S2/c1-16(28)14-27(15-17(2)29)34(32)19-12-10-18(11-13-19)33-23-9-5-8-22-24(23)26(31)21-7-4-3-6-20(21)25(22)30/h3-13,16-17,28-29H,14-15H2,1-2H3. The fourth-order valence-electron chi connectivity index (χ4n) is 3.90. The summed E-state index contributed by atoms with van der Waals surface area (Å²) in [5.74, 6) is -0.326. The maximum atomic E-state index is 13.2. The lowest BCUT2D eigenvalue weighted by Gasteiger charge is -2.24. The lowest BCUT2D eigenvalue weighted by Crippen LogP contribution is -2.37. The van der Waals surface area contributed by atoms with Crippen molar-refractivity contribution in [2.75, 3.05) is 13.1 Å². The maximum absolute atomic E-state index is 13.2. The summed E-state index contributed by atoms with van der Waals surface area (Å²) in [5.41, 5.74) is 1.64. The van der Waals surface area contributed by atoms with Crippen LogP contribution in [0.15, 0.2) is 81.4 Å². The largest absolute Gasteiger partial charge is 0.392 e. The Morgan fingerprint density at radius 1 is 0.794 bits per heavy atom. The van der Waals surface area contributed by atoms with Gasteiger partial charge in [0.25, 0.3) is 0 Å². The van der Waals surface area contributed by atoms with Crippen LogP contribution in [-0.4, -0.2) is 55.6 Å². The first kappa shape index (κ1) is 24.5. The van der Waals surface area contributed by atoms with E-state index in [-0.39, 0.29) is 24.7 Å². The molecule has 4 rings (SSSR count). The molecule has 3 aromatic carbocycles. The second kappa shape index (κ2) is 10.3. The van der Waals surface area contributed by atoms with Crippen LogP contribution in [0.2, 0.25) is 0 Å². The molecule has 1 aliphatic carbocycles. The predicted molar refractivity (Wildman–Crippen MR) is 132 cm³/mol. The van der Waals surface area contributed by atoms with Gasteiger partial charge < -0.3 is 10.2 Å². The van der Waals surface area contributed by atoms with Crippen LogP contribution < -0.4 is 0 Å². The molecule has 0 bridgehead atoms. The number of fused-ring (bicyclic) bond motifs is 2. The molecule has 0 aliphatic heterocycles. The molecule has 0 heterocycles. The minimum atomic E-state index is -1.55. The van der Waals surface area contributed by atoms with E-state index in [1.54, 1.807) is 62.4 Å². The highest BCUT2D eigenvalue weighted by Crippen LogP contribution is 2.37. The van der Waals surface area contributed by atoms with Gasteiger partial charge in [-0.1, -0.05) is 48.2 Å². The van der Waals surface area contributed by atoms with Crippen molar-refractivity contribution in [2.45, 2.75) is 40.7 Å². The molecule has 176 valence electrons. The Balaban J connectivity index is 1.59. The third-order valence-corrected chi connectivity index (χ3v) is 7.85. The number of carbonyl (C=O) groups excluding carboxylic acids is 2. The van der Waals surface area contributed by atoms with Gasteiger partial charge >= 0.3 is 0 Å². The molecule has 3 atom stereocenters. The molecule has 2 N–H and O–H groups in total. The molecule has 3 aromatic rings. The fraction of sp³-hybridized carbons (Fsp3) is 0.231. The third kappa shape index (κ3) is 5.06. The zero-order valence-corrected chi connectivity index (χ0v) is 20.4. The molecule has 8 heteroatoms. The SMILES string of the molecule is CC(O)CN(CC(C)O)S(=O)c1ccc(Sc2cccc3c2C(=O)c2ccccc2C3=O)cc1. The Hall–Kier alpha value is -2.62. The molecule has 0 saturated heterocycles. The first-order valence-electron chi connectivity index (χ1n) is 10.9. The van der Waals surface area contributed by atoms with Crippen molar-refractivity contribution in [1.82, 2.24) is 4.31 Å². The van der Waals surface area contributed by atoms with Crippen LogP contribution in [0.25, 0.3) is 0 Å². The van der Waals surface area contributed by atoms with Crippen molar-refractivity contribution in [3.05, 3.63) is 89.0 Å². The van der Waals surface area contributed by atoms with Crippen LogP contribution in [0.1, 0.15) is 45.7 Å². The molecular weight excluding hydrogens is 470 g/mol. The first-order valence-corrected chi connectivity index (χ1v) is 12.8. The lowest BCUT2D eigenvalue weighted by molar-refractivity contribution is 0.0977. The number of aliphatic hydroxyl groups is 2. The van der Waals surface area contributed by atoms with Crippen molar-refractivity contribution >= 4 is 34.3 Å². The summed E-state index contributed by atoms with van der Waals surface area (Å²) in [7, 11) is -1.55. The molecule has 0 spiro atoms. The van der Waals surface area contributed by atoms with Crippen LogP contribution >= 0.6 is 11.8 Å². The number of benzene rings is 3. The van der Waals surface area contributed by atoms with E-state index in [9.17, 15) is 24.0 Å². The molecule has 0 fully saturated rings. The fourth-order valence-corrected chi connectivity index (χ4v) is 6.24. The summed E-state index contributed by atoms with van der Waals surface area (Å²) in [5, 5.41) is 19.5. The van der Waals surface area contributed by atoms with E-state index in [0.29, 0.717) is 32.0 Å². The Morgan fingerprint density at radius 3 is 1.94 bits per heavy atom. The summed E-state index contributed by atoms with van der Waals surface area (Å²) in [6.45, 7) is 3.55. The highest BCUT2D eigenvalue weighted by Gasteiger charge is 2.31. The summed E-state index contributed by atoms with van der Waals surface area (Å²) >= 11 is 1.37. The zero-order chi connectivity index (χ0) is 24.4. The lowest BCUT2D eigenvalue weighted by atomic mass is 9.84. The molecule has 34 heavy (non-hydrogen) atoms. The summed E-state index contributed by atoms with van der Waals surface area (Å²) in [6.07, 6.45) is -1.38. The van der Waals surface area contributed by atoms with E-state index < -0.39 is 23.2 Å². The van der Waals surface area contributed by atoms with Crippen LogP contribution in [-0.2, 0) is 11.0 Å². The number of hydrogen-bond acceptors (Lipinski definition) is 6. The van der Waals surface area contributed by atoms with Crippen molar-refractivity contribution < 1.29 is 24.0 Å². The molecule has 0 saturated carbocycles. The van der Waals surface area contributed by atoms with E-state index in [1.807, 2.05) is 18.2 Å². The Kier molecular flexibility index (Phi) is 7.45. The molecule has 1 aliphatic rings. The Bertz CT molecular complexity index is 1240. The maximum Gasteiger partial charge on any atom is 0.195 e. The topological polar surface area (TPSA) is 94.9 Å². The van der Waals surface area contributed by atoms with Crippen LogP contribution in [0.3, 0.4) is 0 Å². The Labute approximate surface area is 205 Å². The van der Waals surface area contributed by atoms with Gasteiger partial charge in [-0.25, -0.2) is 8.51 Å². The summed E-state index contributed by atoms with van der Waals surface area (Å²) in [6, 6.07) is 19.2. The van der Waals surface area contributed by atoms with Crippen molar-refractivity contribution in [2.24, 2.45) is 0 Å². The summed E-state index contributed by atoms with van der Waals surface area (Å²) in [4.78, 5) is 28.2. The average molecular weight is 496 g/mol. The number of hydrogen-bond donors (Lipinski definition) is 2. The van der Waals surface area contributed by atoms with E-state index >= 15 is 0 Å². The van der Waals surface area contributed by atoms with E-state index in [4.69, 9.17) is 0 Å². The van der Waals surface area contributed by atoms with Gasteiger partial charge in [0.05, 0.1) is 17.1 Å². The molecule has 0 amide bonds. The minimum Gasteiger partial charge on any atom is -0.392 e. The number of nitrogens with zero attached hydrogens (tertiary/aromatic N) is 1. The van der Waals surface area contributed by atoms with Gasteiger partial charge in [0, 0.05) is 45.1 Å². The number of ketones is 2. The quantitative estimate of drug-likeness (QED) is 0.387. The zero-order valence-electron chi connectivity index (χ0n) is 18.8. The number of aliphatic hydroxyl groups excluding tert-OH is 2. The predicted octanol–water partition coefficient (Wildman–Crippen LogP) is 3.70. The van der Waals surface area contributed by atoms with Crippen molar-refractivity contribution in [3.63, 3.8) is 0 Å². The molecule has 6 nitrogen and oxygen atoms in total. The number of rotatable bonds is 8.